The third-order valence-electron chi connectivity index (χ3n) is 2.92. The molecule has 78 valence electrons. The van der Waals surface area contributed by atoms with Crippen LogP contribution in [0.5, 0.6) is 0 Å². The zero-order chi connectivity index (χ0) is 10.7. The van der Waals surface area contributed by atoms with Crippen molar-refractivity contribution in [2.24, 2.45) is 0 Å². The van der Waals surface area contributed by atoms with E-state index in [1.54, 1.807) is 0 Å². The molecule has 1 aliphatic heterocycles. The summed E-state index contributed by atoms with van der Waals surface area (Å²) in [6.07, 6.45) is 1.47. The molecule has 1 aromatic carbocycles. The lowest BCUT2D eigenvalue weighted by atomic mass is 9.75. The summed E-state index contributed by atoms with van der Waals surface area (Å²) in [5, 5.41) is 8.66. The molecule has 0 aromatic heterocycles. The molecule has 1 saturated heterocycles. The van der Waals surface area contributed by atoms with Crippen LogP contribution in [-0.2, 0) is 10.2 Å². The molecule has 1 aliphatic rings. The van der Waals surface area contributed by atoms with Gasteiger partial charge in [0.25, 0.3) is 0 Å². The van der Waals surface area contributed by atoms with Crippen molar-refractivity contribution in [2.45, 2.75) is 18.3 Å². The first-order valence-corrected chi connectivity index (χ1v) is 5.77. The van der Waals surface area contributed by atoms with Gasteiger partial charge < -0.3 is 4.74 Å². The average molecular weight is 266 g/mol. The number of halogens is 1. The molecule has 2 rings (SSSR count). The van der Waals surface area contributed by atoms with Gasteiger partial charge in [-0.3, -0.25) is 0 Å². The van der Waals surface area contributed by atoms with Gasteiger partial charge in [0.1, 0.15) is 0 Å². The van der Waals surface area contributed by atoms with Gasteiger partial charge in [-0.2, -0.15) is 5.26 Å². The van der Waals surface area contributed by atoms with Crippen LogP contribution < -0.4 is 0 Å². The van der Waals surface area contributed by atoms with Crippen LogP contribution >= 0.6 is 15.9 Å². The van der Waals surface area contributed by atoms with E-state index in [0.717, 1.165) is 24.1 Å². The summed E-state index contributed by atoms with van der Waals surface area (Å²) in [5.74, 6) is 0. The number of rotatable bonds is 3. The predicted molar refractivity (Wildman–Crippen MR) is 61.5 cm³/mol. The van der Waals surface area contributed by atoms with Gasteiger partial charge in [-0.05, 0) is 18.1 Å². The van der Waals surface area contributed by atoms with E-state index >= 15 is 0 Å². The number of benzene rings is 1. The Morgan fingerprint density at radius 3 is 2.67 bits per heavy atom. The van der Waals surface area contributed by atoms with E-state index in [2.05, 4.69) is 28.1 Å². The molecule has 1 aromatic rings. The molecule has 1 heterocycles. The van der Waals surface area contributed by atoms with Crippen molar-refractivity contribution in [3.05, 3.63) is 34.3 Å². The lowest BCUT2D eigenvalue weighted by molar-refractivity contribution is -0.0640. The molecule has 0 spiro atoms. The van der Waals surface area contributed by atoms with Crippen LogP contribution in [0.25, 0.3) is 0 Å². The Morgan fingerprint density at radius 2 is 2.13 bits per heavy atom. The van der Waals surface area contributed by atoms with E-state index in [1.165, 1.54) is 5.56 Å². The zero-order valence-electron chi connectivity index (χ0n) is 8.37. The lowest BCUT2D eigenvalue weighted by Gasteiger charge is -2.42. The number of ether oxygens (including phenoxy) is 1. The quantitative estimate of drug-likeness (QED) is 0.842. The van der Waals surface area contributed by atoms with Crippen molar-refractivity contribution >= 4 is 15.9 Å². The Balaban J connectivity index is 2.27. The summed E-state index contributed by atoms with van der Waals surface area (Å²) < 4.78 is 6.43. The molecule has 2 nitrogen and oxygen atoms in total. The molecule has 0 saturated carbocycles. The second-order valence-electron chi connectivity index (χ2n) is 3.91. The second kappa shape index (κ2) is 4.34. The summed E-state index contributed by atoms with van der Waals surface area (Å²) in [7, 11) is 0. The molecule has 0 aliphatic carbocycles. The summed E-state index contributed by atoms with van der Waals surface area (Å²) in [6.45, 7) is 1.47. The van der Waals surface area contributed by atoms with E-state index in [-0.39, 0.29) is 5.41 Å². The third kappa shape index (κ3) is 1.92. The number of nitriles is 1. The Bertz CT molecular complexity index is 393. The van der Waals surface area contributed by atoms with E-state index < -0.39 is 0 Å². The smallest absolute Gasteiger partial charge is 0.0622 e. The molecule has 0 amide bonds. The first kappa shape index (κ1) is 10.7. The summed E-state index contributed by atoms with van der Waals surface area (Å²) >= 11 is 3.56. The first-order chi connectivity index (χ1) is 7.28. The van der Waals surface area contributed by atoms with Gasteiger partial charge in [0.05, 0.1) is 19.3 Å². The van der Waals surface area contributed by atoms with Gasteiger partial charge in [0.15, 0.2) is 0 Å². The van der Waals surface area contributed by atoms with Crippen LogP contribution in [0.3, 0.4) is 0 Å². The van der Waals surface area contributed by atoms with Crippen molar-refractivity contribution in [1.29, 1.82) is 5.26 Å². The van der Waals surface area contributed by atoms with Crippen molar-refractivity contribution < 1.29 is 4.74 Å². The average Bonchev–Trinajstić information content (AvgIpc) is 2.19. The topological polar surface area (TPSA) is 33.0 Å². The zero-order valence-corrected chi connectivity index (χ0v) is 9.96. The highest BCUT2D eigenvalue weighted by Gasteiger charge is 2.40. The molecule has 1 fully saturated rings. The second-order valence-corrected chi connectivity index (χ2v) is 4.77. The Labute approximate surface area is 98.0 Å². The highest BCUT2D eigenvalue weighted by molar-refractivity contribution is 9.10. The molecular formula is C12H12BrNO. The van der Waals surface area contributed by atoms with Gasteiger partial charge in [-0.25, -0.2) is 0 Å². The van der Waals surface area contributed by atoms with Gasteiger partial charge in [-0.1, -0.05) is 34.1 Å². The first-order valence-electron chi connectivity index (χ1n) is 4.98. The number of nitrogens with zero attached hydrogens (tertiary/aromatic N) is 1. The largest absolute Gasteiger partial charge is 0.379 e. The third-order valence-corrected chi connectivity index (χ3v) is 3.61. The minimum absolute atomic E-state index is 0.0653. The lowest BCUT2D eigenvalue weighted by Crippen LogP contribution is -2.46. The van der Waals surface area contributed by atoms with Gasteiger partial charge >= 0.3 is 0 Å². The van der Waals surface area contributed by atoms with E-state index in [1.807, 2.05) is 18.2 Å². The van der Waals surface area contributed by atoms with Crippen LogP contribution in [0.4, 0.5) is 0 Å². The summed E-state index contributed by atoms with van der Waals surface area (Å²) in [4.78, 5) is 0. The van der Waals surface area contributed by atoms with E-state index in [0.29, 0.717) is 6.42 Å². The van der Waals surface area contributed by atoms with Crippen LogP contribution in [-0.4, -0.2) is 13.2 Å². The standard InChI is InChI=1S/C12H12BrNO/c13-11-5-2-1-4-10(11)12(6-3-7-14)8-15-9-12/h1-2,4-5H,3,6,8-9H2. The minimum Gasteiger partial charge on any atom is -0.379 e. The van der Waals surface area contributed by atoms with E-state index in [4.69, 9.17) is 10.00 Å². The highest BCUT2D eigenvalue weighted by atomic mass is 79.9. The fraction of sp³-hybridized carbons (Fsp3) is 0.417. The SMILES string of the molecule is N#CCCC1(c2ccccc2Br)COC1. The van der Waals surface area contributed by atoms with Crippen molar-refractivity contribution in [3.63, 3.8) is 0 Å². The molecule has 3 heteroatoms. The van der Waals surface area contributed by atoms with Crippen LogP contribution in [0.15, 0.2) is 28.7 Å². The molecule has 0 atom stereocenters. The normalized spacial score (nSPS) is 17.9. The molecule has 15 heavy (non-hydrogen) atoms. The molecular weight excluding hydrogens is 254 g/mol. The predicted octanol–water partition coefficient (Wildman–Crippen LogP) is 3.02. The van der Waals surface area contributed by atoms with Crippen molar-refractivity contribution in [3.8, 4) is 6.07 Å². The van der Waals surface area contributed by atoms with Gasteiger partial charge in [0, 0.05) is 16.3 Å². The molecule has 0 N–H and O–H groups in total. The van der Waals surface area contributed by atoms with Crippen LogP contribution in [0.1, 0.15) is 18.4 Å². The summed E-state index contributed by atoms with van der Waals surface area (Å²) in [5.41, 5.74) is 1.34. The maximum atomic E-state index is 8.66. The number of hydrogen-bond donors (Lipinski definition) is 0. The van der Waals surface area contributed by atoms with Gasteiger partial charge in [-0.15, -0.1) is 0 Å². The fourth-order valence-corrected chi connectivity index (χ4v) is 2.67. The van der Waals surface area contributed by atoms with Crippen molar-refractivity contribution in [1.82, 2.24) is 0 Å². The molecule has 0 radical (unpaired) electrons. The Kier molecular flexibility index (Phi) is 3.08. The fourth-order valence-electron chi connectivity index (χ4n) is 1.97. The molecule has 0 bridgehead atoms. The molecule has 0 unspecified atom stereocenters. The monoisotopic (exact) mass is 265 g/mol. The van der Waals surface area contributed by atoms with Crippen molar-refractivity contribution in [2.75, 3.05) is 13.2 Å². The van der Waals surface area contributed by atoms with Crippen LogP contribution in [0, 0.1) is 11.3 Å². The minimum atomic E-state index is 0.0653. The maximum absolute atomic E-state index is 8.66. The Morgan fingerprint density at radius 1 is 1.40 bits per heavy atom. The van der Waals surface area contributed by atoms with Crippen LogP contribution in [0.2, 0.25) is 0 Å². The Hall–Kier alpha value is -0.850. The number of hydrogen-bond acceptors (Lipinski definition) is 2. The van der Waals surface area contributed by atoms with Gasteiger partial charge in [0.2, 0.25) is 0 Å². The summed E-state index contributed by atoms with van der Waals surface area (Å²) in [6, 6.07) is 10.4. The maximum Gasteiger partial charge on any atom is 0.0622 e. The highest BCUT2D eigenvalue weighted by Crippen LogP contribution is 2.40. The van der Waals surface area contributed by atoms with E-state index in [9.17, 15) is 0 Å².